The Morgan fingerprint density at radius 2 is 1.86 bits per heavy atom. The van der Waals surface area contributed by atoms with Crippen LogP contribution in [0.4, 0.5) is 4.39 Å². The third-order valence-corrected chi connectivity index (χ3v) is 2.47. The molecule has 1 aliphatic heterocycles. The summed E-state index contributed by atoms with van der Waals surface area (Å²) in [5.41, 5.74) is 0. The van der Waals surface area contributed by atoms with Gasteiger partial charge in [0.1, 0.15) is 6.17 Å². The van der Waals surface area contributed by atoms with Crippen LogP contribution in [0.1, 0.15) is 19.8 Å². The molecule has 2 nitrogen and oxygen atoms in total. The number of hydrogen-bond acceptors (Lipinski definition) is 2. The molecule has 88 valence electrons. The Bertz CT molecular complexity index is 130. The van der Waals surface area contributed by atoms with Crippen LogP contribution in [0, 0.1) is 0 Å². The van der Waals surface area contributed by atoms with Gasteiger partial charge in [-0.3, -0.25) is 0 Å². The predicted octanol–water partition coefficient (Wildman–Crippen LogP) is 1.87. The van der Waals surface area contributed by atoms with Crippen LogP contribution in [0.25, 0.3) is 0 Å². The van der Waals surface area contributed by atoms with E-state index in [-0.39, 0.29) is 24.8 Å². The standard InChI is InChI=1S/C9H19FN2.2ClH/c1-8(10)7-12(2)9-3-5-11-6-4-9;;/h8-9,11H,3-7H2,1-2H3;2*1H. The number of halogens is 3. The minimum atomic E-state index is -0.704. The van der Waals surface area contributed by atoms with Crippen LogP contribution in [0.2, 0.25) is 0 Å². The van der Waals surface area contributed by atoms with Crippen molar-refractivity contribution in [2.45, 2.75) is 32.0 Å². The van der Waals surface area contributed by atoms with Gasteiger partial charge in [-0.2, -0.15) is 0 Å². The summed E-state index contributed by atoms with van der Waals surface area (Å²) in [4.78, 5) is 2.14. The molecule has 14 heavy (non-hydrogen) atoms. The van der Waals surface area contributed by atoms with E-state index in [4.69, 9.17) is 0 Å². The Labute approximate surface area is 98.4 Å². The number of rotatable bonds is 3. The molecule has 1 N–H and O–H groups in total. The summed E-state index contributed by atoms with van der Waals surface area (Å²) in [7, 11) is 2.02. The Balaban J connectivity index is 0. The minimum absolute atomic E-state index is 0. The van der Waals surface area contributed by atoms with Crippen molar-refractivity contribution >= 4 is 24.8 Å². The van der Waals surface area contributed by atoms with Crippen molar-refractivity contribution in [3.05, 3.63) is 0 Å². The van der Waals surface area contributed by atoms with E-state index in [1.165, 1.54) is 0 Å². The fourth-order valence-electron chi connectivity index (χ4n) is 1.79. The zero-order valence-corrected chi connectivity index (χ0v) is 10.5. The first-order valence-corrected chi connectivity index (χ1v) is 4.75. The van der Waals surface area contributed by atoms with Crippen molar-refractivity contribution in [3.63, 3.8) is 0 Å². The van der Waals surface area contributed by atoms with E-state index in [1.807, 2.05) is 7.05 Å². The van der Waals surface area contributed by atoms with Crippen molar-refractivity contribution in [2.75, 3.05) is 26.7 Å². The molecule has 5 heteroatoms. The predicted molar refractivity (Wildman–Crippen MR) is 63.6 cm³/mol. The van der Waals surface area contributed by atoms with Crippen LogP contribution in [0.3, 0.4) is 0 Å². The van der Waals surface area contributed by atoms with Crippen LogP contribution < -0.4 is 5.32 Å². The summed E-state index contributed by atoms with van der Waals surface area (Å²) in [6.45, 7) is 4.35. The number of hydrogen-bond donors (Lipinski definition) is 1. The molecule has 1 heterocycles. The highest BCUT2D eigenvalue weighted by Crippen LogP contribution is 2.10. The molecule has 0 aromatic heterocycles. The highest BCUT2D eigenvalue weighted by molar-refractivity contribution is 5.85. The van der Waals surface area contributed by atoms with Gasteiger partial charge in [-0.05, 0) is 39.9 Å². The second kappa shape index (κ2) is 8.72. The van der Waals surface area contributed by atoms with E-state index in [2.05, 4.69) is 10.2 Å². The second-order valence-electron chi connectivity index (χ2n) is 3.70. The lowest BCUT2D eigenvalue weighted by atomic mass is 10.1. The van der Waals surface area contributed by atoms with Gasteiger partial charge in [0, 0.05) is 12.6 Å². The molecule has 0 radical (unpaired) electrons. The van der Waals surface area contributed by atoms with Crippen molar-refractivity contribution < 1.29 is 4.39 Å². The summed E-state index contributed by atoms with van der Waals surface area (Å²) in [6, 6.07) is 0.587. The van der Waals surface area contributed by atoms with Gasteiger partial charge in [-0.1, -0.05) is 0 Å². The molecule has 1 rings (SSSR count). The second-order valence-corrected chi connectivity index (χ2v) is 3.70. The first-order chi connectivity index (χ1) is 5.70. The van der Waals surface area contributed by atoms with Gasteiger partial charge < -0.3 is 10.2 Å². The highest BCUT2D eigenvalue weighted by Gasteiger charge is 2.18. The van der Waals surface area contributed by atoms with E-state index in [0.29, 0.717) is 12.6 Å². The lowest BCUT2D eigenvalue weighted by molar-refractivity contribution is 0.157. The lowest BCUT2D eigenvalue weighted by Crippen LogP contribution is -2.42. The van der Waals surface area contributed by atoms with Gasteiger partial charge in [-0.15, -0.1) is 24.8 Å². The zero-order valence-electron chi connectivity index (χ0n) is 8.83. The van der Waals surface area contributed by atoms with Crippen molar-refractivity contribution in [2.24, 2.45) is 0 Å². The quantitative estimate of drug-likeness (QED) is 0.819. The number of alkyl halides is 1. The van der Waals surface area contributed by atoms with Crippen molar-refractivity contribution in [1.29, 1.82) is 0 Å². The third-order valence-electron chi connectivity index (χ3n) is 2.47. The first-order valence-electron chi connectivity index (χ1n) is 4.75. The van der Waals surface area contributed by atoms with Crippen LogP contribution in [-0.4, -0.2) is 43.8 Å². The van der Waals surface area contributed by atoms with Crippen LogP contribution in [-0.2, 0) is 0 Å². The van der Waals surface area contributed by atoms with Gasteiger partial charge >= 0.3 is 0 Å². The molecule has 1 fully saturated rings. The molecule has 1 saturated heterocycles. The largest absolute Gasteiger partial charge is 0.317 e. The molecular weight excluding hydrogens is 226 g/mol. The molecule has 0 aliphatic carbocycles. The summed E-state index contributed by atoms with van der Waals surface area (Å²) in [6.07, 6.45) is 1.61. The van der Waals surface area contributed by atoms with Crippen molar-refractivity contribution in [1.82, 2.24) is 10.2 Å². The Morgan fingerprint density at radius 1 is 1.36 bits per heavy atom. The molecule has 0 aromatic carbocycles. The minimum Gasteiger partial charge on any atom is -0.317 e. The fraction of sp³-hybridized carbons (Fsp3) is 1.00. The van der Waals surface area contributed by atoms with Crippen molar-refractivity contribution in [3.8, 4) is 0 Å². The average molecular weight is 247 g/mol. The summed E-state index contributed by atoms with van der Waals surface area (Å²) >= 11 is 0. The normalized spacial score (nSPS) is 19.7. The van der Waals surface area contributed by atoms with E-state index in [1.54, 1.807) is 6.92 Å². The van der Waals surface area contributed by atoms with E-state index < -0.39 is 6.17 Å². The summed E-state index contributed by atoms with van der Waals surface area (Å²) < 4.78 is 12.6. The van der Waals surface area contributed by atoms with Gasteiger partial charge in [0.2, 0.25) is 0 Å². The molecule has 1 unspecified atom stereocenters. The number of piperidine rings is 1. The Kier molecular flexibility index (Phi) is 10.5. The van der Waals surface area contributed by atoms with E-state index >= 15 is 0 Å². The maximum atomic E-state index is 12.6. The molecule has 0 aromatic rings. The van der Waals surface area contributed by atoms with E-state index in [9.17, 15) is 4.39 Å². The maximum absolute atomic E-state index is 12.6. The Hall–Kier alpha value is 0.430. The average Bonchev–Trinajstić information content (AvgIpc) is 2.05. The number of nitrogens with zero attached hydrogens (tertiary/aromatic N) is 1. The maximum Gasteiger partial charge on any atom is 0.110 e. The Morgan fingerprint density at radius 3 is 2.29 bits per heavy atom. The molecule has 0 amide bonds. The van der Waals surface area contributed by atoms with Gasteiger partial charge in [-0.25, -0.2) is 4.39 Å². The van der Waals surface area contributed by atoms with E-state index in [0.717, 1.165) is 25.9 Å². The molecular formula is C9H21Cl2FN2. The SMILES string of the molecule is CC(F)CN(C)C1CCNCC1.Cl.Cl. The van der Waals surface area contributed by atoms with Crippen LogP contribution in [0.5, 0.6) is 0 Å². The van der Waals surface area contributed by atoms with Gasteiger partial charge in [0.05, 0.1) is 0 Å². The van der Waals surface area contributed by atoms with Crippen LogP contribution >= 0.6 is 24.8 Å². The zero-order chi connectivity index (χ0) is 8.97. The van der Waals surface area contributed by atoms with Gasteiger partial charge in [0.25, 0.3) is 0 Å². The van der Waals surface area contributed by atoms with Gasteiger partial charge in [0.15, 0.2) is 0 Å². The molecule has 0 bridgehead atoms. The lowest BCUT2D eigenvalue weighted by Gasteiger charge is -2.31. The fourth-order valence-corrected chi connectivity index (χ4v) is 1.79. The first kappa shape index (κ1) is 16.8. The molecule has 0 saturated carbocycles. The van der Waals surface area contributed by atoms with Crippen LogP contribution in [0.15, 0.2) is 0 Å². The molecule has 1 atom stereocenters. The number of nitrogens with one attached hydrogen (secondary N) is 1. The smallest absolute Gasteiger partial charge is 0.110 e. The summed E-state index contributed by atoms with van der Waals surface area (Å²) in [5.74, 6) is 0. The third kappa shape index (κ3) is 6.02. The monoisotopic (exact) mass is 246 g/mol. The molecule has 0 spiro atoms. The molecule has 1 aliphatic rings. The summed E-state index contributed by atoms with van der Waals surface area (Å²) in [5, 5.41) is 3.30. The highest BCUT2D eigenvalue weighted by atomic mass is 35.5. The topological polar surface area (TPSA) is 15.3 Å².